The molecule has 0 bridgehead atoms. The van der Waals surface area contributed by atoms with Gasteiger partial charge in [0, 0.05) is 16.3 Å². The molecule has 4 rings (SSSR count). The van der Waals surface area contributed by atoms with Gasteiger partial charge in [0.25, 0.3) is 5.91 Å². The molecule has 1 heterocycles. The average molecular weight is 500 g/mol. The third-order valence-electron chi connectivity index (χ3n) is 4.83. The van der Waals surface area contributed by atoms with E-state index in [1.54, 1.807) is 25.1 Å². The van der Waals surface area contributed by atoms with Crippen LogP contribution in [0.4, 0.5) is 5.69 Å². The minimum absolute atomic E-state index is 0.135. The predicted molar refractivity (Wildman–Crippen MR) is 135 cm³/mol. The van der Waals surface area contributed by atoms with Gasteiger partial charge in [-0.1, -0.05) is 41.4 Å². The zero-order valence-corrected chi connectivity index (χ0v) is 20.0. The summed E-state index contributed by atoms with van der Waals surface area (Å²) in [7, 11) is 0. The first-order valence-electron chi connectivity index (χ1n) is 10.0. The topological polar surface area (TPSA) is 76.4 Å². The van der Waals surface area contributed by atoms with Crippen LogP contribution in [0.2, 0.25) is 10.0 Å². The highest BCUT2D eigenvalue weighted by Gasteiger charge is 2.18. The van der Waals surface area contributed by atoms with E-state index in [1.807, 2.05) is 49.4 Å². The van der Waals surface area contributed by atoms with Gasteiger partial charge in [-0.25, -0.2) is 4.98 Å². The van der Waals surface area contributed by atoms with Crippen LogP contribution in [-0.2, 0) is 4.79 Å². The predicted octanol–water partition coefficient (Wildman–Crippen LogP) is 6.39. The molecule has 168 valence electrons. The van der Waals surface area contributed by atoms with Gasteiger partial charge >= 0.3 is 0 Å². The molecule has 3 aromatic carbocycles. The number of fused-ring (bicyclic) bond motifs is 1. The van der Waals surface area contributed by atoms with Crippen LogP contribution in [0.5, 0.6) is 5.75 Å². The molecule has 4 aromatic rings. The SMILES string of the molecule is Cc1ccc(-c2nc3ccccc3o2)cc1NC(=S)NC(=O)C(C)Oc1ccc(Cl)cc1Cl. The lowest BCUT2D eigenvalue weighted by atomic mass is 10.1. The Morgan fingerprint density at radius 2 is 1.91 bits per heavy atom. The van der Waals surface area contributed by atoms with E-state index in [2.05, 4.69) is 15.6 Å². The number of halogens is 2. The van der Waals surface area contributed by atoms with Crippen LogP contribution in [0.25, 0.3) is 22.6 Å². The largest absolute Gasteiger partial charge is 0.479 e. The van der Waals surface area contributed by atoms with Crippen molar-refractivity contribution in [1.29, 1.82) is 0 Å². The second-order valence-electron chi connectivity index (χ2n) is 7.29. The summed E-state index contributed by atoms with van der Waals surface area (Å²) in [5, 5.41) is 6.62. The van der Waals surface area contributed by atoms with Gasteiger partial charge in [-0.2, -0.15) is 0 Å². The van der Waals surface area contributed by atoms with Crippen LogP contribution in [0, 0.1) is 6.92 Å². The third kappa shape index (κ3) is 5.45. The molecule has 0 saturated heterocycles. The van der Waals surface area contributed by atoms with Crippen molar-refractivity contribution in [3.05, 3.63) is 76.3 Å². The molecule has 33 heavy (non-hydrogen) atoms. The van der Waals surface area contributed by atoms with Crippen molar-refractivity contribution < 1.29 is 13.9 Å². The second-order valence-corrected chi connectivity index (χ2v) is 8.55. The Morgan fingerprint density at radius 3 is 2.67 bits per heavy atom. The number of thiocarbonyl (C=S) groups is 1. The van der Waals surface area contributed by atoms with Gasteiger partial charge in [0.05, 0.1) is 5.02 Å². The number of amides is 1. The first-order valence-corrected chi connectivity index (χ1v) is 11.2. The fraction of sp³-hybridized carbons (Fsp3) is 0.125. The van der Waals surface area contributed by atoms with E-state index in [-0.39, 0.29) is 5.11 Å². The fourth-order valence-corrected chi connectivity index (χ4v) is 3.73. The summed E-state index contributed by atoms with van der Waals surface area (Å²) in [5.41, 5.74) is 3.92. The number of carbonyl (C=O) groups excluding carboxylic acids is 1. The molecule has 0 aliphatic heterocycles. The number of carbonyl (C=O) groups is 1. The lowest BCUT2D eigenvalue weighted by Gasteiger charge is -2.17. The zero-order valence-electron chi connectivity index (χ0n) is 17.7. The number of aryl methyl sites for hydroxylation is 1. The van der Waals surface area contributed by atoms with Gasteiger partial charge in [-0.3, -0.25) is 10.1 Å². The Labute approximate surface area is 205 Å². The molecule has 0 spiro atoms. The van der Waals surface area contributed by atoms with Crippen molar-refractivity contribution in [2.75, 3.05) is 5.32 Å². The molecule has 1 atom stereocenters. The van der Waals surface area contributed by atoms with Crippen molar-refractivity contribution >= 4 is 63.2 Å². The lowest BCUT2D eigenvalue weighted by Crippen LogP contribution is -2.42. The van der Waals surface area contributed by atoms with Crippen molar-refractivity contribution in [2.24, 2.45) is 0 Å². The average Bonchev–Trinajstić information content (AvgIpc) is 3.21. The van der Waals surface area contributed by atoms with E-state index < -0.39 is 12.0 Å². The van der Waals surface area contributed by atoms with Gasteiger partial charge in [-0.15, -0.1) is 0 Å². The summed E-state index contributed by atoms with van der Waals surface area (Å²) in [4.78, 5) is 17.1. The highest BCUT2D eigenvalue weighted by atomic mass is 35.5. The van der Waals surface area contributed by atoms with E-state index in [0.717, 1.165) is 22.3 Å². The zero-order chi connectivity index (χ0) is 23.5. The normalized spacial score (nSPS) is 11.8. The molecule has 2 N–H and O–H groups in total. The van der Waals surface area contributed by atoms with Crippen LogP contribution in [0.1, 0.15) is 12.5 Å². The standard InChI is InChI=1S/C24H19Cl2N3O3S/c1-13-7-8-15(23-27-18-5-3-4-6-21(18)32-23)11-19(13)28-24(33)29-22(30)14(2)31-20-10-9-16(25)12-17(20)26/h3-12,14H,1-2H3,(H2,28,29,30,33). The van der Waals surface area contributed by atoms with E-state index in [1.165, 1.54) is 0 Å². The molecule has 9 heteroatoms. The van der Waals surface area contributed by atoms with E-state index in [4.69, 9.17) is 44.6 Å². The van der Waals surface area contributed by atoms with Gasteiger partial charge < -0.3 is 14.5 Å². The molecule has 6 nitrogen and oxygen atoms in total. The number of rotatable bonds is 5. The van der Waals surface area contributed by atoms with Crippen LogP contribution in [0.15, 0.2) is 65.1 Å². The number of hydrogen-bond donors (Lipinski definition) is 2. The summed E-state index contributed by atoms with van der Waals surface area (Å²) in [6.45, 7) is 3.53. The third-order valence-corrected chi connectivity index (χ3v) is 5.56. The molecule has 0 aliphatic carbocycles. The fourth-order valence-electron chi connectivity index (χ4n) is 3.07. The number of aromatic nitrogens is 1. The molecular formula is C24H19Cl2N3O3S. The maximum atomic E-state index is 12.5. The summed E-state index contributed by atoms with van der Waals surface area (Å²) in [5.74, 6) is 0.423. The molecule has 0 radical (unpaired) electrons. The molecule has 0 aliphatic rings. The number of hydrogen-bond acceptors (Lipinski definition) is 5. The Morgan fingerprint density at radius 1 is 1.12 bits per heavy atom. The monoisotopic (exact) mass is 499 g/mol. The van der Waals surface area contributed by atoms with Crippen molar-refractivity contribution in [3.63, 3.8) is 0 Å². The van der Waals surface area contributed by atoms with Gasteiger partial charge in [0.1, 0.15) is 11.3 Å². The van der Waals surface area contributed by atoms with Crippen LogP contribution in [-0.4, -0.2) is 22.1 Å². The van der Waals surface area contributed by atoms with Gasteiger partial charge in [0.15, 0.2) is 16.8 Å². The van der Waals surface area contributed by atoms with E-state index in [9.17, 15) is 4.79 Å². The molecule has 1 unspecified atom stereocenters. The van der Waals surface area contributed by atoms with E-state index in [0.29, 0.717) is 27.3 Å². The smallest absolute Gasteiger partial charge is 0.266 e. The number of anilines is 1. The number of nitrogens with zero attached hydrogens (tertiary/aromatic N) is 1. The van der Waals surface area contributed by atoms with Gasteiger partial charge in [-0.05, 0) is 74.1 Å². The number of ether oxygens (including phenoxy) is 1. The summed E-state index contributed by atoms with van der Waals surface area (Å²) < 4.78 is 11.5. The maximum Gasteiger partial charge on any atom is 0.266 e. The minimum atomic E-state index is -0.837. The summed E-state index contributed by atoms with van der Waals surface area (Å²) in [6, 6.07) is 18.0. The van der Waals surface area contributed by atoms with Crippen LogP contribution < -0.4 is 15.4 Å². The number of benzene rings is 3. The first-order chi connectivity index (χ1) is 15.8. The van der Waals surface area contributed by atoms with Crippen molar-refractivity contribution in [2.45, 2.75) is 20.0 Å². The maximum absolute atomic E-state index is 12.5. The Kier molecular flexibility index (Phi) is 6.83. The minimum Gasteiger partial charge on any atom is -0.479 e. The van der Waals surface area contributed by atoms with Crippen LogP contribution >= 0.6 is 35.4 Å². The van der Waals surface area contributed by atoms with E-state index >= 15 is 0 Å². The Balaban J connectivity index is 1.43. The molecule has 0 fully saturated rings. The molecule has 1 amide bonds. The van der Waals surface area contributed by atoms with Crippen LogP contribution in [0.3, 0.4) is 0 Å². The van der Waals surface area contributed by atoms with Crippen molar-refractivity contribution in [1.82, 2.24) is 10.3 Å². The molecule has 0 saturated carbocycles. The summed E-state index contributed by atoms with van der Waals surface area (Å²) >= 11 is 17.3. The number of para-hydroxylation sites is 2. The highest BCUT2D eigenvalue weighted by molar-refractivity contribution is 7.80. The Hall–Kier alpha value is -3.13. The Bertz CT molecular complexity index is 1320. The highest BCUT2D eigenvalue weighted by Crippen LogP contribution is 2.29. The molecular weight excluding hydrogens is 481 g/mol. The second kappa shape index (κ2) is 9.79. The molecule has 1 aromatic heterocycles. The first kappa shape index (κ1) is 23.0. The number of oxazole rings is 1. The summed E-state index contributed by atoms with van der Waals surface area (Å²) in [6.07, 6.45) is -0.837. The van der Waals surface area contributed by atoms with Crippen molar-refractivity contribution in [3.8, 4) is 17.2 Å². The number of nitrogens with one attached hydrogen (secondary N) is 2. The lowest BCUT2D eigenvalue weighted by molar-refractivity contribution is -0.125. The van der Waals surface area contributed by atoms with Gasteiger partial charge in [0.2, 0.25) is 5.89 Å². The quantitative estimate of drug-likeness (QED) is 0.309.